The lowest BCUT2D eigenvalue weighted by Crippen LogP contribution is -2.14. The zero-order valence-corrected chi connectivity index (χ0v) is 5.17. The molecule has 0 aliphatic heterocycles. The Morgan fingerprint density at radius 3 is 2.50 bits per heavy atom. The summed E-state index contributed by atoms with van der Waals surface area (Å²) in [6.45, 7) is 0. The molecule has 0 bridgehead atoms. The normalized spacial score (nSPS) is 38.2. The molecule has 1 N–H and O–H groups in total. The summed E-state index contributed by atoms with van der Waals surface area (Å²) < 4.78 is 0. The molecule has 8 heavy (non-hydrogen) atoms. The van der Waals surface area contributed by atoms with Crippen LogP contribution in [0, 0.1) is 0 Å². The Balaban J connectivity index is 2.22. The molecule has 1 aliphatic rings. The summed E-state index contributed by atoms with van der Waals surface area (Å²) in [5, 5.41) is 13.0. The first-order chi connectivity index (χ1) is 3.83. The van der Waals surface area contributed by atoms with Gasteiger partial charge in [-0.3, -0.25) is 0 Å². The molecule has 2 heteroatoms. The Morgan fingerprint density at radius 1 is 1.50 bits per heavy atom. The van der Waals surface area contributed by atoms with E-state index in [0.29, 0.717) is 6.04 Å². The van der Waals surface area contributed by atoms with E-state index in [1.807, 2.05) is 7.05 Å². The van der Waals surface area contributed by atoms with Crippen LogP contribution in [0.3, 0.4) is 0 Å². The zero-order chi connectivity index (χ0) is 5.98. The van der Waals surface area contributed by atoms with Crippen molar-refractivity contribution in [2.45, 2.75) is 31.4 Å². The van der Waals surface area contributed by atoms with Crippen LogP contribution in [0.1, 0.15) is 19.3 Å². The van der Waals surface area contributed by atoms with E-state index in [-0.39, 0.29) is 6.10 Å². The Labute approximate surface area is 49.9 Å². The van der Waals surface area contributed by atoms with Gasteiger partial charge in [0.15, 0.2) is 0 Å². The Hall–Kier alpha value is -0.0800. The third kappa shape index (κ3) is 1.20. The number of hydrogen-bond donors (Lipinski definition) is 1. The van der Waals surface area contributed by atoms with Crippen molar-refractivity contribution in [3.63, 3.8) is 0 Å². The predicted molar refractivity (Wildman–Crippen MR) is 31.7 cm³/mol. The molecule has 1 saturated carbocycles. The largest absolute Gasteiger partial charge is 0.393 e. The summed E-state index contributed by atoms with van der Waals surface area (Å²) in [5.41, 5.74) is 0. The summed E-state index contributed by atoms with van der Waals surface area (Å²) in [6.07, 6.45) is 2.85. The van der Waals surface area contributed by atoms with Gasteiger partial charge in [0.05, 0.1) is 6.10 Å². The highest BCUT2D eigenvalue weighted by atomic mass is 16.3. The molecule has 0 aromatic heterocycles. The van der Waals surface area contributed by atoms with E-state index in [2.05, 4.69) is 5.32 Å². The van der Waals surface area contributed by atoms with Crippen LogP contribution in [0.25, 0.3) is 0 Å². The first-order valence-electron chi connectivity index (χ1n) is 3.10. The van der Waals surface area contributed by atoms with Gasteiger partial charge >= 0.3 is 0 Å². The van der Waals surface area contributed by atoms with E-state index in [1.165, 1.54) is 0 Å². The number of nitrogens with zero attached hydrogens (tertiary/aromatic N) is 1. The van der Waals surface area contributed by atoms with Gasteiger partial charge in [0.2, 0.25) is 0 Å². The Bertz CT molecular complexity index is 74.9. The summed E-state index contributed by atoms with van der Waals surface area (Å²) in [6, 6.07) is 0.449. The molecule has 2 atom stereocenters. The van der Waals surface area contributed by atoms with Crippen molar-refractivity contribution in [2.75, 3.05) is 7.05 Å². The van der Waals surface area contributed by atoms with Crippen LogP contribution in [0.4, 0.5) is 0 Å². The van der Waals surface area contributed by atoms with E-state index in [1.54, 1.807) is 0 Å². The van der Waals surface area contributed by atoms with E-state index in [9.17, 15) is 0 Å². The van der Waals surface area contributed by atoms with Gasteiger partial charge in [0.1, 0.15) is 0 Å². The first kappa shape index (κ1) is 6.05. The minimum atomic E-state index is -0.0660. The smallest absolute Gasteiger partial charge is 0.0556 e. The van der Waals surface area contributed by atoms with Crippen LogP contribution in [-0.2, 0) is 0 Å². The van der Waals surface area contributed by atoms with Crippen molar-refractivity contribution >= 4 is 0 Å². The molecule has 0 spiro atoms. The number of aliphatic hydroxyl groups excluding tert-OH is 1. The fourth-order valence-electron chi connectivity index (χ4n) is 1.17. The van der Waals surface area contributed by atoms with Crippen LogP contribution >= 0.6 is 0 Å². The van der Waals surface area contributed by atoms with E-state index in [0.717, 1.165) is 19.3 Å². The van der Waals surface area contributed by atoms with Gasteiger partial charge in [0, 0.05) is 13.1 Å². The third-order valence-corrected chi connectivity index (χ3v) is 1.74. The molecule has 1 rings (SSSR count). The van der Waals surface area contributed by atoms with E-state index in [4.69, 9.17) is 5.11 Å². The van der Waals surface area contributed by atoms with Gasteiger partial charge in [-0.25, -0.2) is 5.32 Å². The quantitative estimate of drug-likeness (QED) is 0.516. The monoisotopic (exact) mass is 114 g/mol. The van der Waals surface area contributed by atoms with Crippen LogP contribution < -0.4 is 5.32 Å². The van der Waals surface area contributed by atoms with Crippen LogP contribution in [-0.4, -0.2) is 24.3 Å². The summed E-state index contributed by atoms with van der Waals surface area (Å²) in [7, 11) is 1.82. The highest BCUT2D eigenvalue weighted by Crippen LogP contribution is 2.18. The average molecular weight is 114 g/mol. The second kappa shape index (κ2) is 2.46. The molecular weight excluding hydrogens is 102 g/mol. The Morgan fingerprint density at radius 2 is 2.25 bits per heavy atom. The van der Waals surface area contributed by atoms with Crippen molar-refractivity contribution in [3.8, 4) is 0 Å². The summed E-state index contributed by atoms with van der Waals surface area (Å²) >= 11 is 0. The van der Waals surface area contributed by atoms with Crippen molar-refractivity contribution in [2.24, 2.45) is 0 Å². The van der Waals surface area contributed by atoms with Crippen LogP contribution in [0.15, 0.2) is 0 Å². The lowest BCUT2D eigenvalue weighted by atomic mass is 10.2. The molecule has 1 aliphatic carbocycles. The highest BCUT2D eigenvalue weighted by molar-refractivity contribution is 4.77. The average Bonchev–Trinajstić information content (AvgIpc) is 2.14. The van der Waals surface area contributed by atoms with Crippen molar-refractivity contribution in [1.82, 2.24) is 5.32 Å². The highest BCUT2D eigenvalue weighted by Gasteiger charge is 2.21. The van der Waals surface area contributed by atoms with E-state index >= 15 is 0 Å². The number of aliphatic hydroxyl groups is 1. The van der Waals surface area contributed by atoms with Gasteiger partial charge in [-0.15, -0.1) is 0 Å². The second-order valence-corrected chi connectivity index (χ2v) is 2.38. The zero-order valence-electron chi connectivity index (χ0n) is 5.17. The molecule has 1 fully saturated rings. The standard InChI is InChI=1S/C6H12NO/c1-7-5-2-3-6(8)4-5/h5-6,8H,2-4H2,1H3. The molecule has 0 heterocycles. The van der Waals surface area contributed by atoms with Gasteiger partial charge in [-0.1, -0.05) is 0 Å². The van der Waals surface area contributed by atoms with Gasteiger partial charge in [-0.05, 0) is 19.3 Å². The minimum Gasteiger partial charge on any atom is -0.393 e. The first-order valence-corrected chi connectivity index (χ1v) is 3.10. The fraction of sp³-hybridized carbons (Fsp3) is 1.00. The summed E-state index contributed by atoms with van der Waals surface area (Å²) in [4.78, 5) is 0. The molecule has 0 aromatic carbocycles. The second-order valence-electron chi connectivity index (χ2n) is 2.38. The number of rotatable bonds is 1. The molecule has 47 valence electrons. The number of hydrogen-bond acceptors (Lipinski definition) is 1. The molecule has 2 nitrogen and oxygen atoms in total. The van der Waals surface area contributed by atoms with Gasteiger partial charge in [0.25, 0.3) is 0 Å². The topological polar surface area (TPSA) is 34.3 Å². The molecule has 2 unspecified atom stereocenters. The maximum absolute atomic E-state index is 8.97. The fourth-order valence-corrected chi connectivity index (χ4v) is 1.17. The lowest BCUT2D eigenvalue weighted by Gasteiger charge is -2.02. The minimum absolute atomic E-state index is 0.0660. The maximum Gasteiger partial charge on any atom is 0.0556 e. The molecule has 0 aromatic rings. The van der Waals surface area contributed by atoms with Crippen LogP contribution in [0.5, 0.6) is 0 Å². The SMILES string of the molecule is C[N]C1CCC(O)C1. The molecule has 0 saturated heterocycles. The van der Waals surface area contributed by atoms with Gasteiger partial charge < -0.3 is 5.11 Å². The van der Waals surface area contributed by atoms with Crippen molar-refractivity contribution in [1.29, 1.82) is 0 Å². The lowest BCUT2D eigenvalue weighted by molar-refractivity contribution is 0.180. The third-order valence-electron chi connectivity index (χ3n) is 1.74. The maximum atomic E-state index is 8.97. The van der Waals surface area contributed by atoms with Crippen molar-refractivity contribution in [3.05, 3.63) is 0 Å². The predicted octanol–water partition coefficient (Wildman–Crippen LogP) is 0.134. The molecular formula is C6H12NO. The van der Waals surface area contributed by atoms with Crippen molar-refractivity contribution < 1.29 is 5.11 Å². The van der Waals surface area contributed by atoms with Crippen LogP contribution in [0.2, 0.25) is 0 Å². The molecule has 1 radical (unpaired) electrons. The Kier molecular flexibility index (Phi) is 1.86. The van der Waals surface area contributed by atoms with E-state index < -0.39 is 0 Å². The van der Waals surface area contributed by atoms with Gasteiger partial charge in [-0.2, -0.15) is 0 Å². The molecule has 0 amide bonds. The summed E-state index contributed by atoms with van der Waals surface area (Å²) in [5.74, 6) is 0.